The van der Waals surface area contributed by atoms with E-state index in [0.29, 0.717) is 11.5 Å². The SMILES string of the molecule is Cc1ccc(NC(=O)Cc2cc(-c3cccs3)on2)cc1C. The number of thiophene rings is 1. The fourth-order valence-corrected chi connectivity index (χ4v) is 2.79. The molecule has 3 rings (SSSR count). The van der Waals surface area contributed by atoms with Crippen LogP contribution in [0.2, 0.25) is 0 Å². The first-order valence-electron chi connectivity index (χ1n) is 6.98. The standard InChI is InChI=1S/C17H16N2O2S/c1-11-5-6-13(8-12(11)2)18-17(20)10-14-9-15(21-19-14)16-4-3-7-22-16/h3-9H,10H2,1-2H3,(H,18,20). The zero-order valence-electron chi connectivity index (χ0n) is 12.4. The third-order valence-corrected chi connectivity index (χ3v) is 4.34. The maximum Gasteiger partial charge on any atom is 0.230 e. The van der Waals surface area contributed by atoms with Gasteiger partial charge in [-0.3, -0.25) is 4.79 Å². The van der Waals surface area contributed by atoms with E-state index >= 15 is 0 Å². The lowest BCUT2D eigenvalue weighted by Gasteiger charge is -2.06. The maximum atomic E-state index is 12.1. The highest BCUT2D eigenvalue weighted by molar-refractivity contribution is 7.13. The summed E-state index contributed by atoms with van der Waals surface area (Å²) >= 11 is 1.58. The monoisotopic (exact) mass is 312 g/mol. The molecule has 0 spiro atoms. The second kappa shape index (κ2) is 6.15. The van der Waals surface area contributed by atoms with Gasteiger partial charge in [0.15, 0.2) is 5.76 Å². The molecule has 4 nitrogen and oxygen atoms in total. The molecule has 0 radical (unpaired) electrons. The molecule has 3 aromatic rings. The largest absolute Gasteiger partial charge is 0.355 e. The first-order chi connectivity index (χ1) is 10.6. The Labute approximate surface area is 132 Å². The Morgan fingerprint density at radius 2 is 2.09 bits per heavy atom. The summed E-state index contributed by atoms with van der Waals surface area (Å²) in [4.78, 5) is 13.1. The molecule has 5 heteroatoms. The number of nitrogens with one attached hydrogen (secondary N) is 1. The van der Waals surface area contributed by atoms with Gasteiger partial charge in [-0.2, -0.15) is 0 Å². The van der Waals surface area contributed by atoms with Crippen LogP contribution in [-0.2, 0) is 11.2 Å². The quantitative estimate of drug-likeness (QED) is 0.785. The Morgan fingerprint density at radius 3 is 2.82 bits per heavy atom. The molecule has 0 unspecified atom stereocenters. The molecule has 0 fully saturated rings. The minimum Gasteiger partial charge on any atom is -0.355 e. The van der Waals surface area contributed by atoms with Gasteiger partial charge in [0.05, 0.1) is 17.0 Å². The highest BCUT2D eigenvalue weighted by Gasteiger charge is 2.11. The highest BCUT2D eigenvalue weighted by Crippen LogP contribution is 2.25. The molecule has 1 aromatic carbocycles. The van der Waals surface area contributed by atoms with Crippen molar-refractivity contribution in [3.63, 3.8) is 0 Å². The average Bonchev–Trinajstić information content (AvgIpc) is 3.13. The van der Waals surface area contributed by atoms with Crippen molar-refractivity contribution in [1.29, 1.82) is 0 Å². The molecule has 0 aliphatic carbocycles. The van der Waals surface area contributed by atoms with Crippen LogP contribution in [0.15, 0.2) is 46.3 Å². The van der Waals surface area contributed by atoms with Crippen LogP contribution >= 0.6 is 11.3 Å². The molecular formula is C17H16N2O2S. The van der Waals surface area contributed by atoms with Gasteiger partial charge >= 0.3 is 0 Å². The Hall–Kier alpha value is -2.40. The number of benzene rings is 1. The van der Waals surface area contributed by atoms with Crippen LogP contribution in [0.3, 0.4) is 0 Å². The lowest BCUT2D eigenvalue weighted by atomic mass is 10.1. The minimum atomic E-state index is -0.103. The Morgan fingerprint density at radius 1 is 1.23 bits per heavy atom. The number of aryl methyl sites for hydroxylation is 2. The summed E-state index contributed by atoms with van der Waals surface area (Å²) in [5.74, 6) is 0.596. The van der Waals surface area contributed by atoms with Gasteiger partial charge in [0.25, 0.3) is 0 Å². The van der Waals surface area contributed by atoms with Crippen LogP contribution in [0.4, 0.5) is 5.69 Å². The van der Waals surface area contributed by atoms with Crippen LogP contribution in [0.1, 0.15) is 16.8 Å². The van der Waals surface area contributed by atoms with E-state index in [1.54, 1.807) is 11.3 Å². The summed E-state index contributed by atoms with van der Waals surface area (Å²) in [7, 11) is 0. The van der Waals surface area contributed by atoms with Gasteiger partial charge in [-0.05, 0) is 48.6 Å². The summed E-state index contributed by atoms with van der Waals surface area (Å²) in [6.45, 7) is 4.07. The Balaban J connectivity index is 1.65. The Kier molecular flexibility index (Phi) is 4.06. The number of carbonyl (C=O) groups excluding carboxylic acids is 1. The molecule has 0 saturated heterocycles. The van der Waals surface area contributed by atoms with E-state index in [1.807, 2.05) is 55.6 Å². The van der Waals surface area contributed by atoms with Crippen LogP contribution in [0.25, 0.3) is 10.6 Å². The summed E-state index contributed by atoms with van der Waals surface area (Å²) < 4.78 is 5.28. The lowest BCUT2D eigenvalue weighted by Crippen LogP contribution is -2.14. The van der Waals surface area contributed by atoms with Crippen molar-refractivity contribution in [3.05, 3.63) is 58.6 Å². The summed E-state index contributed by atoms with van der Waals surface area (Å²) in [5, 5.41) is 8.82. The molecule has 0 bridgehead atoms. The molecule has 22 heavy (non-hydrogen) atoms. The highest BCUT2D eigenvalue weighted by atomic mass is 32.1. The van der Waals surface area contributed by atoms with Crippen molar-refractivity contribution in [2.24, 2.45) is 0 Å². The van der Waals surface area contributed by atoms with Gasteiger partial charge in [-0.15, -0.1) is 11.3 Å². The number of carbonyl (C=O) groups is 1. The second-order valence-electron chi connectivity index (χ2n) is 5.18. The van der Waals surface area contributed by atoms with Crippen molar-refractivity contribution in [3.8, 4) is 10.6 Å². The summed E-state index contributed by atoms with van der Waals surface area (Å²) in [6, 6.07) is 11.6. The van der Waals surface area contributed by atoms with E-state index in [4.69, 9.17) is 4.52 Å². The normalized spacial score (nSPS) is 10.6. The van der Waals surface area contributed by atoms with Crippen LogP contribution in [-0.4, -0.2) is 11.1 Å². The van der Waals surface area contributed by atoms with E-state index in [0.717, 1.165) is 16.1 Å². The van der Waals surface area contributed by atoms with E-state index < -0.39 is 0 Å². The molecular weight excluding hydrogens is 296 g/mol. The summed E-state index contributed by atoms with van der Waals surface area (Å²) in [6.07, 6.45) is 0.196. The third-order valence-electron chi connectivity index (χ3n) is 3.46. The topological polar surface area (TPSA) is 55.1 Å². The van der Waals surface area contributed by atoms with E-state index in [1.165, 1.54) is 5.56 Å². The first-order valence-corrected chi connectivity index (χ1v) is 7.86. The minimum absolute atomic E-state index is 0.103. The van der Waals surface area contributed by atoms with Gasteiger partial charge in [0.2, 0.25) is 5.91 Å². The number of hydrogen-bond acceptors (Lipinski definition) is 4. The fraction of sp³-hybridized carbons (Fsp3) is 0.176. The zero-order valence-corrected chi connectivity index (χ0v) is 13.2. The van der Waals surface area contributed by atoms with Crippen molar-refractivity contribution >= 4 is 22.9 Å². The number of aromatic nitrogens is 1. The number of hydrogen-bond donors (Lipinski definition) is 1. The van der Waals surface area contributed by atoms with Gasteiger partial charge in [-0.1, -0.05) is 17.3 Å². The molecule has 0 aliphatic heterocycles. The molecule has 2 aromatic heterocycles. The van der Waals surface area contributed by atoms with Gasteiger partial charge < -0.3 is 9.84 Å². The third kappa shape index (κ3) is 3.26. The predicted molar refractivity (Wildman–Crippen MR) is 88.1 cm³/mol. The maximum absolute atomic E-state index is 12.1. The zero-order chi connectivity index (χ0) is 15.5. The molecule has 0 saturated carbocycles. The van der Waals surface area contributed by atoms with E-state index in [-0.39, 0.29) is 12.3 Å². The summed E-state index contributed by atoms with van der Waals surface area (Å²) in [5.41, 5.74) is 3.79. The predicted octanol–water partition coefficient (Wildman–Crippen LogP) is 4.20. The average molecular weight is 312 g/mol. The fourth-order valence-electron chi connectivity index (χ4n) is 2.12. The number of rotatable bonds is 4. The molecule has 112 valence electrons. The number of amides is 1. The van der Waals surface area contributed by atoms with Crippen molar-refractivity contribution in [2.45, 2.75) is 20.3 Å². The number of anilines is 1. The van der Waals surface area contributed by atoms with Gasteiger partial charge in [-0.25, -0.2) is 0 Å². The smallest absolute Gasteiger partial charge is 0.230 e. The second-order valence-corrected chi connectivity index (χ2v) is 6.13. The first kappa shape index (κ1) is 14.5. The van der Waals surface area contributed by atoms with Gasteiger partial charge in [0, 0.05) is 11.8 Å². The number of nitrogens with zero attached hydrogens (tertiary/aromatic N) is 1. The molecule has 1 amide bonds. The van der Waals surface area contributed by atoms with Crippen molar-refractivity contribution in [2.75, 3.05) is 5.32 Å². The van der Waals surface area contributed by atoms with Crippen molar-refractivity contribution in [1.82, 2.24) is 5.16 Å². The van der Waals surface area contributed by atoms with Crippen LogP contribution in [0.5, 0.6) is 0 Å². The van der Waals surface area contributed by atoms with Crippen molar-refractivity contribution < 1.29 is 9.32 Å². The lowest BCUT2D eigenvalue weighted by molar-refractivity contribution is -0.115. The van der Waals surface area contributed by atoms with Gasteiger partial charge in [0.1, 0.15) is 0 Å². The van der Waals surface area contributed by atoms with Crippen LogP contribution in [0, 0.1) is 13.8 Å². The van der Waals surface area contributed by atoms with Crippen LogP contribution < -0.4 is 5.32 Å². The Bertz CT molecular complexity index is 791. The molecule has 0 aliphatic rings. The molecule has 2 heterocycles. The molecule has 1 N–H and O–H groups in total. The van der Waals surface area contributed by atoms with E-state index in [2.05, 4.69) is 10.5 Å². The molecule has 0 atom stereocenters. The van der Waals surface area contributed by atoms with E-state index in [9.17, 15) is 4.79 Å².